The number of amides is 1. The molecule has 6 heteroatoms. The number of nitrogens with one attached hydrogen (secondary N) is 1. The second-order valence-electron chi connectivity index (χ2n) is 6.69. The molecule has 0 spiro atoms. The minimum atomic E-state index is -0.214. The highest BCUT2D eigenvalue weighted by Gasteiger charge is 2.10. The molecule has 0 saturated heterocycles. The average molecular weight is 384 g/mol. The van der Waals surface area contributed by atoms with Crippen molar-refractivity contribution in [2.45, 2.75) is 20.5 Å². The van der Waals surface area contributed by atoms with Crippen LogP contribution in [0.15, 0.2) is 66.9 Å². The molecule has 1 amide bonds. The molecule has 0 aliphatic carbocycles. The zero-order valence-corrected chi connectivity index (χ0v) is 16.2. The summed E-state index contributed by atoms with van der Waals surface area (Å²) in [5.74, 6) is 0.442. The first-order valence-corrected chi connectivity index (χ1v) is 9.27. The number of aryl methyl sites for hydroxylation is 2. The van der Waals surface area contributed by atoms with Gasteiger partial charge in [0.25, 0.3) is 5.91 Å². The van der Waals surface area contributed by atoms with E-state index in [1.54, 1.807) is 24.4 Å². The maximum atomic E-state index is 12.7. The lowest BCUT2D eigenvalue weighted by atomic mass is 10.1. The first-order chi connectivity index (χ1) is 14.1. The number of rotatable bonds is 5. The van der Waals surface area contributed by atoms with Gasteiger partial charge in [-0.25, -0.2) is 9.97 Å². The van der Waals surface area contributed by atoms with E-state index in [0.29, 0.717) is 29.1 Å². The van der Waals surface area contributed by atoms with Gasteiger partial charge in [-0.05, 0) is 56.3 Å². The van der Waals surface area contributed by atoms with Crippen molar-refractivity contribution >= 4 is 22.6 Å². The number of pyridine rings is 1. The van der Waals surface area contributed by atoms with E-state index >= 15 is 0 Å². The third kappa shape index (κ3) is 4.38. The molecular formula is C23H20N4O2. The van der Waals surface area contributed by atoms with Crippen LogP contribution in [0.2, 0.25) is 0 Å². The lowest BCUT2D eigenvalue weighted by Gasteiger charge is -2.10. The molecule has 0 saturated carbocycles. The van der Waals surface area contributed by atoms with Gasteiger partial charge in [0.05, 0.1) is 28.1 Å². The zero-order valence-electron chi connectivity index (χ0n) is 16.2. The molecule has 0 unspecified atom stereocenters. The first-order valence-electron chi connectivity index (χ1n) is 9.27. The molecule has 0 aliphatic heterocycles. The van der Waals surface area contributed by atoms with Gasteiger partial charge in [0.1, 0.15) is 12.4 Å². The normalized spacial score (nSPS) is 10.7. The number of carbonyl (C=O) groups excluding carboxylic acids is 1. The Morgan fingerprint density at radius 2 is 1.76 bits per heavy atom. The van der Waals surface area contributed by atoms with E-state index in [1.807, 2.05) is 56.3 Å². The summed E-state index contributed by atoms with van der Waals surface area (Å²) in [5.41, 5.74) is 5.23. The Balaban J connectivity index is 1.48. The van der Waals surface area contributed by atoms with Crippen molar-refractivity contribution in [3.63, 3.8) is 0 Å². The molecule has 4 rings (SSSR count). The van der Waals surface area contributed by atoms with Gasteiger partial charge in [0, 0.05) is 23.5 Å². The van der Waals surface area contributed by atoms with Gasteiger partial charge in [-0.1, -0.05) is 12.1 Å². The summed E-state index contributed by atoms with van der Waals surface area (Å²) in [5, 5.41) is 2.90. The van der Waals surface area contributed by atoms with Gasteiger partial charge >= 0.3 is 0 Å². The van der Waals surface area contributed by atoms with Crippen molar-refractivity contribution in [3.05, 3.63) is 89.5 Å². The van der Waals surface area contributed by atoms with Gasteiger partial charge in [-0.2, -0.15) is 0 Å². The molecular weight excluding hydrogens is 364 g/mol. The highest BCUT2D eigenvalue weighted by molar-refractivity contribution is 6.05. The predicted octanol–water partition coefficient (Wildman–Crippen LogP) is 4.47. The smallest absolute Gasteiger partial charge is 0.255 e. The average Bonchev–Trinajstić information content (AvgIpc) is 2.74. The molecule has 0 atom stereocenters. The molecule has 1 N–H and O–H groups in total. The fraction of sp³-hybridized carbons (Fsp3) is 0.130. The van der Waals surface area contributed by atoms with Crippen LogP contribution in [-0.4, -0.2) is 20.9 Å². The lowest BCUT2D eigenvalue weighted by Crippen LogP contribution is -2.12. The maximum Gasteiger partial charge on any atom is 0.255 e. The third-order valence-electron chi connectivity index (χ3n) is 4.54. The minimum Gasteiger partial charge on any atom is -0.487 e. The Morgan fingerprint density at radius 3 is 2.55 bits per heavy atom. The van der Waals surface area contributed by atoms with E-state index in [1.165, 1.54) is 0 Å². The number of hydrogen-bond acceptors (Lipinski definition) is 5. The standard InChI is InChI=1S/C23H20N4O2/c1-15-16(2)26-22-12-17(9-10-21(22)25-15)23(28)27-18-7-5-8-20(13-18)29-14-19-6-3-4-11-24-19/h3-13H,14H2,1-2H3,(H,27,28). The summed E-state index contributed by atoms with van der Waals surface area (Å²) in [4.78, 5) is 26.0. The van der Waals surface area contributed by atoms with E-state index in [9.17, 15) is 4.79 Å². The van der Waals surface area contributed by atoms with Crippen LogP contribution < -0.4 is 10.1 Å². The predicted molar refractivity (Wildman–Crippen MR) is 112 cm³/mol. The highest BCUT2D eigenvalue weighted by Crippen LogP contribution is 2.20. The van der Waals surface area contributed by atoms with Gasteiger partial charge < -0.3 is 10.1 Å². The number of hydrogen-bond donors (Lipinski definition) is 1. The summed E-state index contributed by atoms with van der Waals surface area (Å²) < 4.78 is 5.77. The van der Waals surface area contributed by atoms with Crippen molar-refractivity contribution in [2.75, 3.05) is 5.32 Å². The number of nitrogens with zero attached hydrogens (tertiary/aromatic N) is 3. The summed E-state index contributed by atoms with van der Waals surface area (Å²) in [7, 11) is 0. The van der Waals surface area contributed by atoms with Crippen LogP contribution in [-0.2, 0) is 6.61 Å². The molecule has 2 heterocycles. The Labute approximate surface area is 168 Å². The third-order valence-corrected chi connectivity index (χ3v) is 4.54. The fourth-order valence-electron chi connectivity index (χ4n) is 2.88. The maximum absolute atomic E-state index is 12.7. The Morgan fingerprint density at radius 1 is 0.931 bits per heavy atom. The number of carbonyl (C=O) groups is 1. The zero-order chi connectivity index (χ0) is 20.2. The highest BCUT2D eigenvalue weighted by atomic mass is 16.5. The van der Waals surface area contributed by atoms with Gasteiger partial charge in [0.2, 0.25) is 0 Å². The minimum absolute atomic E-state index is 0.214. The topological polar surface area (TPSA) is 77.0 Å². The van der Waals surface area contributed by atoms with Crippen molar-refractivity contribution in [2.24, 2.45) is 0 Å². The van der Waals surface area contributed by atoms with Gasteiger partial charge in [0.15, 0.2) is 0 Å². The fourth-order valence-corrected chi connectivity index (χ4v) is 2.88. The number of benzene rings is 2. The van der Waals surface area contributed by atoms with Crippen LogP contribution in [0.5, 0.6) is 5.75 Å². The molecule has 0 bridgehead atoms. The first kappa shape index (κ1) is 18.6. The molecule has 0 fully saturated rings. The van der Waals surface area contributed by atoms with Gasteiger partial charge in [-0.15, -0.1) is 0 Å². The number of aromatic nitrogens is 3. The summed E-state index contributed by atoms with van der Waals surface area (Å²) in [6.07, 6.45) is 1.73. The summed E-state index contributed by atoms with van der Waals surface area (Å²) in [6.45, 7) is 4.19. The second-order valence-corrected chi connectivity index (χ2v) is 6.69. The van der Waals surface area contributed by atoms with E-state index in [0.717, 1.165) is 22.6 Å². The van der Waals surface area contributed by atoms with Gasteiger partial charge in [-0.3, -0.25) is 9.78 Å². The Kier molecular flexibility index (Phi) is 5.16. The molecule has 6 nitrogen and oxygen atoms in total. The lowest BCUT2D eigenvalue weighted by molar-refractivity contribution is 0.102. The Hall–Kier alpha value is -3.80. The summed E-state index contributed by atoms with van der Waals surface area (Å²) in [6, 6.07) is 18.3. The largest absolute Gasteiger partial charge is 0.487 e. The van der Waals surface area contributed by atoms with Crippen molar-refractivity contribution < 1.29 is 9.53 Å². The molecule has 29 heavy (non-hydrogen) atoms. The SMILES string of the molecule is Cc1nc2ccc(C(=O)Nc3cccc(OCc4ccccn4)c3)cc2nc1C. The van der Waals surface area contributed by atoms with Crippen LogP contribution in [0.1, 0.15) is 27.4 Å². The van der Waals surface area contributed by atoms with Crippen LogP contribution in [0.3, 0.4) is 0 Å². The second kappa shape index (κ2) is 8.06. The quantitative estimate of drug-likeness (QED) is 0.549. The monoisotopic (exact) mass is 384 g/mol. The number of ether oxygens (including phenoxy) is 1. The van der Waals surface area contributed by atoms with Crippen molar-refractivity contribution in [1.82, 2.24) is 15.0 Å². The molecule has 2 aromatic heterocycles. The Bertz CT molecular complexity index is 1180. The summed E-state index contributed by atoms with van der Waals surface area (Å²) >= 11 is 0. The number of fused-ring (bicyclic) bond motifs is 1. The van der Waals surface area contributed by atoms with E-state index in [2.05, 4.69) is 20.3 Å². The molecule has 2 aromatic carbocycles. The molecule has 144 valence electrons. The van der Waals surface area contributed by atoms with Crippen LogP contribution in [0.25, 0.3) is 11.0 Å². The van der Waals surface area contributed by atoms with E-state index in [4.69, 9.17) is 4.74 Å². The van der Waals surface area contributed by atoms with Crippen LogP contribution in [0.4, 0.5) is 5.69 Å². The van der Waals surface area contributed by atoms with Crippen molar-refractivity contribution in [3.8, 4) is 5.75 Å². The molecule has 4 aromatic rings. The molecule has 0 radical (unpaired) electrons. The van der Waals surface area contributed by atoms with Crippen LogP contribution >= 0.6 is 0 Å². The van der Waals surface area contributed by atoms with E-state index < -0.39 is 0 Å². The van der Waals surface area contributed by atoms with Crippen LogP contribution in [0, 0.1) is 13.8 Å². The van der Waals surface area contributed by atoms with E-state index in [-0.39, 0.29) is 5.91 Å². The number of anilines is 1. The van der Waals surface area contributed by atoms with Crippen molar-refractivity contribution in [1.29, 1.82) is 0 Å². The molecule has 0 aliphatic rings.